The van der Waals surface area contributed by atoms with Gasteiger partial charge in [0.25, 0.3) is 5.91 Å². The van der Waals surface area contributed by atoms with Crippen molar-refractivity contribution in [2.75, 3.05) is 13.1 Å². The molecule has 3 heteroatoms. The van der Waals surface area contributed by atoms with Crippen molar-refractivity contribution in [2.45, 2.75) is 77.7 Å². The highest BCUT2D eigenvalue weighted by atomic mass is 16.2. The molecule has 22 heavy (non-hydrogen) atoms. The largest absolute Gasteiger partial charge is 0.345 e. The van der Waals surface area contributed by atoms with Gasteiger partial charge in [-0.05, 0) is 56.3 Å². The Morgan fingerprint density at radius 2 is 1.73 bits per heavy atom. The van der Waals surface area contributed by atoms with Crippen molar-refractivity contribution in [1.29, 1.82) is 0 Å². The number of quaternary nitrogens is 1. The van der Waals surface area contributed by atoms with Gasteiger partial charge in [-0.1, -0.05) is 33.1 Å². The van der Waals surface area contributed by atoms with Crippen LogP contribution in [0.5, 0.6) is 0 Å². The number of fused-ring (bicyclic) bond motifs is 2. The minimum absolute atomic E-state index is 0.00563. The van der Waals surface area contributed by atoms with E-state index in [-0.39, 0.29) is 16.9 Å². The lowest BCUT2D eigenvalue weighted by Crippen LogP contribution is -2.88. The summed E-state index contributed by atoms with van der Waals surface area (Å²) < 4.78 is 0. The van der Waals surface area contributed by atoms with Crippen LogP contribution in [0, 0.1) is 23.2 Å². The van der Waals surface area contributed by atoms with E-state index in [9.17, 15) is 4.79 Å². The maximum atomic E-state index is 12.5. The molecule has 0 saturated heterocycles. The molecule has 3 rings (SSSR count). The zero-order valence-electron chi connectivity index (χ0n) is 14.8. The van der Waals surface area contributed by atoms with Gasteiger partial charge in [-0.2, -0.15) is 0 Å². The van der Waals surface area contributed by atoms with Gasteiger partial charge in [-0.25, -0.2) is 0 Å². The van der Waals surface area contributed by atoms with Gasteiger partial charge in [-0.15, -0.1) is 0 Å². The van der Waals surface area contributed by atoms with E-state index in [1.54, 1.807) is 0 Å². The molecule has 2 bridgehead atoms. The molecular formula is C19H35N2O+. The van der Waals surface area contributed by atoms with Gasteiger partial charge in [0.1, 0.15) is 0 Å². The zero-order valence-corrected chi connectivity index (χ0v) is 14.8. The van der Waals surface area contributed by atoms with Gasteiger partial charge in [0.05, 0.1) is 6.54 Å². The van der Waals surface area contributed by atoms with Crippen LogP contribution < -0.4 is 10.6 Å². The first kappa shape index (κ1) is 16.3. The van der Waals surface area contributed by atoms with Gasteiger partial charge in [0.15, 0.2) is 6.54 Å². The standard InChI is InChI=1S/C19H34N2O/c1-18(2)15-9-10-16(11-15)19(18,3)21-17(22)13-20-12-14-7-5-4-6-8-14/h14-16,20H,4-13H2,1-3H3,(H,21,22)/p+1/t15-,16+,19+/m0/s1. The summed E-state index contributed by atoms with van der Waals surface area (Å²) in [6.07, 6.45) is 10.9. The van der Waals surface area contributed by atoms with Crippen LogP contribution in [0.4, 0.5) is 0 Å². The highest BCUT2D eigenvalue weighted by Crippen LogP contribution is 2.61. The van der Waals surface area contributed by atoms with Gasteiger partial charge >= 0.3 is 0 Å². The molecule has 3 saturated carbocycles. The lowest BCUT2D eigenvalue weighted by atomic mass is 9.64. The Morgan fingerprint density at radius 1 is 1.05 bits per heavy atom. The van der Waals surface area contributed by atoms with Gasteiger partial charge in [-0.3, -0.25) is 4.79 Å². The summed E-state index contributed by atoms with van der Waals surface area (Å²) in [5.41, 5.74) is 0.251. The molecule has 3 aliphatic rings. The minimum atomic E-state index is 0.00563. The van der Waals surface area contributed by atoms with Crippen LogP contribution in [-0.4, -0.2) is 24.5 Å². The quantitative estimate of drug-likeness (QED) is 0.805. The Labute approximate surface area is 136 Å². The fourth-order valence-electron chi connectivity index (χ4n) is 5.59. The molecule has 3 aliphatic carbocycles. The van der Waals surface area contributed by atoms with E-state index in [1.807, 2.05) is 0 Å². The Morgan fingerprint density at radius 3 is 2.36 bits per heavy atom. The average Bonchev–Trinajstić information content (AvgIpc) is 3.03. The van der Waals surface area contributed by atoms with Crippen molar-refractivity contribution in [3.8, 4) is 0 Å². The molecule has 0 aromatic carbocycles. The summed E-state index contributed by atoms with van der Waals surface area (Å²) in [6.45, 7) is 8.78. The number of carbonyl (C=O) groups is 1. The number of carbonyl (C=O) groups excluding carboxylic acids is 1. The minimum Gasteiger partial charge on any atom is -0.345 e. The molecule has 0 unspecified atom stereocenters. The summed E-state index contributed by atoms with van der Waals surface area (Å²) in [5.74, 6) is 2.58. The molecule has 126 valence electrons. The molecule has 0 radical (unpaired) electrons. The molecule has 1 amide bonds. The molecule has 0 spiro atoms. The molecule has 0 aromatic rings. The van der Waals surface area contributed by atoms with E-state index < -0.39 is 0 Å². The van der Waals surface area contributed by atoms with Crippen LogP contribution in [0.25, 0.3) is 0 Å². The van der Waals surface area contributed by atoms with Crippen molar-refractivity contribution in [3.63, 3.8) is 0 Å². The number of nitrogens with one attached hydrogen (secondary N) is 1. The van der Waals surface area contributed by atoms with E-state index in [0.29, 0.717) is 12.5 Å². The number of hydrogen-bond donors (Lipinski definition) is 2. The predicted octanol–water partition coefficient (Wildman–Crippen LogP) is 2.46. The Balaban J connectivity index is 1.47. The maximum Gasteiger partial charge on any atom is 0.275 e. The average molecular weight is 308 g/mol. The van der Waals surface area contributed by atoms with Crippen LogP contribution in [0.3, 0.4) is 0 Å². The number of rotatable bonds is 5. The molecule has 0 aliphatic heterocycles. The van der Waals surface area contributed by atoms with E-state index >= 15 is 0 Å². The Kier molecular flexibility index (Phi) is 4.55. The summed E-state index contributed by atoms with van der Waals surface area (Å²) >= 11 is 0. The third-order valence-corrected chi connectivity index (χ3v) is 7.56. The predicted molar refractivity (Wildman–Crippen MR) is 89.4 cm³/mol. The Hall–Kier alpha value is -0.570. The second-order valence-corrected chi connectivity index (χ2v) is 8.91. The maximum absolute atomic E-state index is 12.5. The SMILES string of the molecule is CC1(C)[C@H]2CC[C@H](C2)[C@@]1(C)NC(=O)C[NH2+]CC1CCCCC1. The van der Waals surface area contributed by atoms with Crippen LogP contribution >= 0.6 is 0 Å². The Bertz CT molecular complexity index is 414. The molecule has 0 heterocycles. The van der Waals surface area contributed by atoms with Crippen molar-refractivity contribution < 1.29 is 10.1 Å². The third kappa shape index (κ3) is 2.81. The fourth-order valence-corrected chi connectivity index (χ4v) is 5.59. The monoisotopic (exact) mass is 307 g/mol. The molecule has 3 N–H and O–H groups in total. The third-order valence-electron chi connectivity index (χ3n) is 7.56. The summed E-state index contributed by atoms with van der Waals surface area (Å²) in [6, 6.07) is 0. The second kappa shape index (κ2) is 6.14. The first-order valence-corrected chi connectivity index (χ1v) is 9.56. The van der Waals surface area contributed by atoms with Crippen LogP contribution in [0.2, 0.25) is 0 Å². The van der Waals surface area contributed by atoms with E-state index in [2.05, 4.69) is 31.4 Å². The normalized spacial score (nSPS) is 37.4. The summed E-state index contributed by atoms with van der Waals surface area (Å²) in [4.78, 5) is 12.5. The van der Waals surface area contributed by atoms with Crippen LogP contribution in [0.15, 0.2) is 0 Å². The first-order chi connectivity index (χ1) is 10.4. The topological polar surface area (TPSA) is 45.7 Å². The molecule has 3 fully saturated rings. The number of nitrogens with two attached hydrogens (primary N) is 1. The smallest absolute Gasteiger partial charge is 0.275 e. The first-order valence-electron chi connectivity index (χ1n) is 9.56. The summed E-state index contributed by atoms with van der Waals surface area (Å²) in [5, 5.41) is 5.69. The van der Waals surface area contributed by atoms with Crippen molar-refractivity contribution in [3.05, 3.63) is 0 Å². The van der Waals surface area contributed by atoms with Crippen molar-refractivity contribution in [1.82, 2.24) is 5.32 Å². The van der Waals surface area contributed by atoms with Gasteiger partial charge < -0.3 is 10.6 Å². The zero-order chi connectivity index (χ0) is 15.8. The van der Waals surface area contributed by atoms with Gasteiger partial charge in [0, 0.05) is 11.5 Å². The number of amides is 1. The lowest BCUT2D eigenvalue weighted by Gasteiger charge is -2.48. The molecular weight excluding hydrogens is 272 g/mol. The molecule has 3 atom stereocenters. The second-order valence-electron chi connectivity index (χ2n) is 8.91. The highest BCUT2D eigenvalue weighted by Gasteiger charge is 2.60. The molecule has 3 nitrogen and oxygen atoms in total. The van der Waals surface area contributed by atoms with E-state index in [0.717, 1.165) is 18.4 Å². The molecule has 0 aromatic heterocycles. The van der Waals surface area contributed by atoms with Crippen LogP contribution in [0.1, 0.15) is 72.1 Å². The summed E-state index contributed by atoms with van der Waals surface area (Å²) in [7, 11) is 0. The lowest BCUT2D eigenvalue weighted by molar-refractivity contribution is -0.650. The number of hydrogen-bond acceptors (Lipinski definition) is 1. The van der Waals surface area contributed by atoms with Crippen molar-refractivity contribution >= 4 is 5.91 Å². The van der Waals surface area contributed by atoms with E-state index in [4.69, 9.17) is 0 Å². The van der Waals surface area contributed by atoms with Crippen LogP contribution in [-0.2, 0) is 4.79 Å². The van der Waals surface area contributed by atoms with E-state index in [1.165, 1.54) is 51.4 Å². The highest BCUT2D eigenvalue weighted by molar-refractivity contribution is 5.77. The van der Waals surface area contributed by atoms with Crippen molar-refractivity contribution in [2.24, 2.45) is 23.2 Å². The fraction of sp³-hybridized carbons (Fsp3) is 0.947. The van der Waals surface area contributed by atoms with Gasteiger partial charge in [0.2, 0.25) is 0 Å².